The number of pyridine rings is 2. The van der Waals surface area contributed by atoms with Crippen LogP contribution in [0.15, 0.2) is 24.4 Å². The van der Waals surface area contributed by atoms with Crippen LogP contribution in [0.25, 0.3) is 0 Å². The smallest absolute Gasteiger partial charge is 0.135 e. The second-order valence-electron chi connectivity index (χ2n) is 8.49. The van der Waals surface area contributed by atoms with Crippen molar-refractivity contribution in [2.24, 2.45) is 0 Å². The molecule has 7 nitrogen and oxygen atoms in total. The zero-order chi connectivity index (χ0) is 20.4. The zero-order valence-corrected chi connectivity index (χ0v) is 17.0. The van der Waals surface area contributed by atoms with Crippen molar-refractivity contribution in [1.29, 1.82) is 0 Å². The molecule has 4 rings (SSSR count). The lowest BCUT2D eigenvalue weighted by molar-refractivity contribution is 0.0944. The van der Waals surface area contributed by atoms with Gasteiger partial charge >= 0.3 is 0 Å². The lowest BCUT2D eigenvalue weighted by atomic mass is 10.1. The topological polar surface area (TPSA) is 85.3 Å². The Kier molecular flexibility index (Phi) is 5.56. The summed E-state index contributed by atoms with van der Waals surface area (Å²) in [6.07, 6.45) is 3.70. The van der Waals surface area contributed by atoms with E-state index in [4.69, 9.17) is 0 Å². The van der Waals surface area contributed by atoms with Crippen molar-refractivity contribution in [3.8, 4) is 0 Å². The molecule has 3 heterocycles. The van der Waals surface area contributed by atoms with Crippen molar-refractivity contribution >= 4 is 23.1 Å². The molecule has 2 aromatic rings. The van der Waals surface area contributed by atoms with E-state index in [2.05, 4.69) is 30.8 Å². The van der Waals surface area contributed by atoms with E-state index in [-0.39, 0.29) is 5.82 Å². The fourth-order valence-corrected chi connectivity index (χ4v) is 3.42. The Labute approximate surface area is 170 Å². The third-order valence-corrected chi connectivity index (χ3v) is 5.15. The standard InChI is InChI=1S/C21H29FN6O/c1-21(2,29)13-25-18-9-15(28-7-5-23-6-8-28)10-20(26-18)27-19-11-17(22)16(12-24-19)14-3-4-14/h9-12,14,23,29H,3-8,13H2,1-2H3,(H2,24,25,26,27). The zero-order valence-electron chi connectivity index (χ0n) is 17.0. The molecule has 2 aliphatic rings. The van der Waals surface area contributed by atoms with Gasteiger partial charge in [0.1, 0.15) is 23.3 Å². The average molecular weight is 401 g/mol. The Morgan fingerprint density at radius 2 is 1.90 bits per heavy atom. The van der Waals surface area contributed by atoms with Crippen LogP contribution in [0.3, 0.4) is 0 Å². The van der Waals surface area contributed by atoms with Crippen molar-refractivity contribution in [3.63, 3.8) is 0 Å². The van der Waals surface area contributed by atoms with Crippen LogP contribution in [-0.2, 0) is 0 Å². The molecular formula is C21H29FN6O. The highest BCUT2D eigenvalue weighted by Gasteiger charge is 2.27. The maximum atomic E-state index is 14.4. The Morgan fingerprint density at radius 3 is 2.55 bits per heavy atom. The monoisotopic (exact) mass is 400 g/mol. The summed E-state index contributed by atoms with van der Waals surface area (Å²) in [5.74, 6) is 1.78. The predicted molar refractivity (Wildman–Crippen MR) is 114 cm³/mol. The summed E-state index contributed by atoms with van der Waals surface area (Å²) >= 11 is 0. The number of halogens is 1. The number of hydrogen-bond acceptors (Lipinski definition) is 7. The molecule has 1 saturated heterocycles. The molecule has 0 atom stereocenters. The number of piperazine rings is 1. The van der Waals surface area contributed by atoms with E-state index in [1.54, 1.807) is 20.0 Å². The van der Waals surface area contributed by atoms with E-state index in [9.17, 15) is 9.50 Å². The van der Waals surface area contributed by atoms with Crippen LogP contribution in [0.5, 0.6) is 0 Å². The average Bonchev–Trinajstić information content (AvgIpc) is 3.52. The van der Waals surface area contributed by atoms with Gasteiger partial charge in [-0.05, 0) is 32.6 Å². The molecule has 8 heteroatoms. The van der Waals surface area contributed by atoms with Gasteiger partial charge in [0.05, 0.1) is 5.60 Å². The van der Waals surface area contributed by atoms with E-state index in [0.29, 0.717) is 35.5 Å². The predicted octanol–water partition coefficient (Wildman–Crippen LogP) is 2.83. The molecule has 2 aromatic heterocycles. The normalized spacial score (nSPS) is 17.3. The summed E-state index contributed by atoms with van der Waals surface area (Å²) in [4.78, 5) is 11.2. The molecule has 29 heavy (non-hydrogen) atoms. The van der Waals surface area contributed by atoms with E-state index in [1.165, 1.54) is 6.07 Å². The number of nitrogens with zero attached hydrogens (tertiary/aromatic N) is 3. The maximum absolute atomic E-state index is 14.4. The lowest BCUT2D eigenvalue weighted by Crippen LogP contribution is -2.43. The second-order valence-corrected chi connectivity index (χ2v) is 8.49. The molecular weight excluding hydrogens is 371 g/mol. The molecule has 0 unspecified atom stereocenters. The lowest BCUT2D eigenvalue weighted by Gasteiger charge is -2.30. The van der Waals surface area contributed by atoms with Crippen molar-refractivity contribution in [3.05, 3.63) is 35.8 Å². The molecule has 0 bridgehead atoms. The first-order valence-electron chi connectivity index (χ1n) is 10.2. The third-order valence-electron chi connectivity index (χ3n) is 5.15. The van der Waals surface area contributed by atoms with Crippen molar-refractivity contribution in [2.45, 2.75) is 38.2 Å². The molecule has 0 amide bonds. The van der Waals surface area contributed by atoms with Crippen LogP contribution >= 0.6 is 0 Å². The third kappa shape index (κ3) is 5.33. The van der Waals surface area contributed by atoms with Crippen LogP contribution in [0.4, 0.5) is 27.5 Å². The van der Waals surface area contributed by atoms with Gasteiger partial charge < -0.3 is 26.0 Å². The van der Waals surface area contributed by atoms with Crippen LogP contribution in [-0.4, -0.2) is 53.4 Å². The first-order valence-corrected chi connectivity index (χ1v) is 10.2. The number of nitrogens with one attached hydrogen (secondary N) is 3. The van der Waals surface area contributed by atoms with Crippen molar-refractivity contribution < 1.29 is 9.50 Å². The Morgan fingerprint density at radius 1 is 1.17 bits per heavy atom. The summed E-state index contributed by atoms with van der Waals surface area (Å²) in [5, 5.41) is 19.7. The maximum Gasteiger partial charge on any atom is 0.135 e. The molecule has 0 radical (unpaired) electrons. The number of aromatic nitrogens is 2. The summed E-state index contributed by atoms with van der Waals surface area (Å²) in [6, 6.07) is 5.37. The highest BCUT2D eigenvalue weighted by Crippen LogP contribution is 2.41. The van der Waals surface area contributed by atoms with E-state index in [1.807, 2.05) is 12.1 Å². The number of anilines is 4. The van der Waals surface area contributed by atoms with Crippen LogP contribution < -0.4 is 20.9 Å². The molecule has 1 aliphatic carbocycles. The van der Waals surface area contributed by atoms with Crippen LogP contribution in [0.2, 0.25) is 0 Å². The van der Waals surface area contributed by atoms with Gasteiger partial charge in [-0.3, -0.25) is 0 Å². The van der Waals surface area contributed by atoms with Crippen molar-refractivity contribution in [2.75, 3.05) is 48.3 Å². The minimum absolute atomic E-state index is 0.219. The highest BCUT2D eigenvalue weighted by molar-refractivity contribution is 5.65. The van der Waals surface area contributed by atoms with Crippen LogP contribution in [0.1, 0.15) is 38.2 Å². The van der Waals surface area contributed by atoms with Gasteiger partial charge in [-0.25, -0.2) is 14.4 Å². The minimum atomic E-state index is -0.857. The van der Waals surface area contributed by atoms with Gasteiger partial charge in [-0.1, -0.05) is 0 Å². The molecule has 1 aliphatic heterocycles. The summed E-state index contributed by atoms with van der Waals surface area (Å²) in [6.45, 7) is 7.50. The van der Waals surface area contributed by atoms with Gasteiger partial charge in [0, 0.05) is 68.4 Å². The van der Waals surface area contributed by atoms with Gasteiger partial charge in [-0.2, -0.15) is 0 Å². The largest absolute Gasteiger partial charge is 0.389 e. The van der Waals surface area contributed by atoms with Gasteiger partial charge in [0.2, 0.25) is 0 Å². The highest BCUT2D eigenvalue weighted by atomic mass is 19.1. The molecule has 0 aromatic carbocycles. The molecule has 2 fully saturated rings. The minimum Gasteiger partial charge on any atom is -0.389 e. The van der Waals surface area contributed by atoms with E-state index < -0.39 is 5.60 Å². The summed E-state index contributed by atoms with van der Waals surface area (Å²) in [5.41, 5.74) is 0.867. The van der Waals surface area contributed by atoms with Crippen LogP contribution in [0, 0.1) is 5.82 Å². The first kappa shape index (κ1) is 19.8. The fourth-order valence-electron chi connectivity index (χ4n) is 3.42. The fraction of sp³-hybridized carbons (Fsp3) is 0.524. The molecule has 1 saturated carbocycles. The number of hydrogen-bond donors (Lipinski definition) is 4. The first-order chi connectivity index (χ1) is 13.9. The summed E-state index contributed by atoms with van der Waals surface area (Å²) in [7, 11) is 0. The SMILES string of the molecule is CC(C)(O)CNc1cc(N2CCNCC2)cc(Nc2cc(F)c(C3CC3)cn2)n1. The quantitative estimate of drug-likeness (QED) is 0.569. The van der Waals surface area contributed by atoms with Gasteiger partial charge in [-0.15, -0.1) is 0 Å². The van der Waals surface area contributed by atoms with E-state index in [0.717, 1.165) is 44.7 Å². The second kappa shape index (κ2) is 8.12. The Hall–Kier alpha value is -2.45. The Balaban J connectivity index is 1.57. The molecule has 0 spiro atoms. The van der Waals surface area contributed by atoms with Gasteiger partial charge in [0.25, 0.3) is 0 Å². The number of aliphatic hydroxyl groups is 1. The summed E-state index contributed by atoms with van der Waals surface area (Å²) < 4.78 is 14.4. The van der Waals surface area contributed by atoms with Gasteiger partial charge in [0.15, 0.2) is 0 Å². The van der Waals surface area contributed by atoms with E-state index >= 15 is 0 Å². The van der Waals surface area contributed by atoms with Crippen molar-refractivity contribution in [1.82, 2.24) is 15.3 Å². The molecule has 4 N–H and O–H groups in total. The molecule has 156 valence electrons. The Bertz CT molecular complexity index is 859. The number of rotatable bonds is 7.